The molecule has 5 nitrogen and oxygen atoms in total. The van der Waals surface area contributed by atoms with Crippen LogP contribution in [0.5, 0.6) is 17.2 Å². The molecule has 0 aliphatic carbocycles. The number of amides is 1. The SMILES string of the molecule is COc1ccc(CNC(=O)CCCOc2ccc(Cl)cc2C)cc1OC. The van der Waals surface area contributed by atoms with Gasteiger partial charge in [0.25, 0.3) is 0 Å². The third kappa shape index (κ3) is 5.85. The van der Waals surface area contributed by atoms with Gasteiger partial charge >= 0.3 is 0 Å². The minimum Gasteiger partial charge on any atom is -0.493 e. The first kappa shape index (κ1) is 19.9. The van der Waals surface area contributed by atoms with Crippen LogP contribution in [0.4, 0.5) is 0 Å². The Morgan fingerprint density at radius 2 is 1.77 bits per heavy atom. The minimum absolute atomic E-state index is 0.0174. The molecule has 1 N–H and O–H groups in total. The maximum atomic E-state index is 12.0. The van der Waals surface area contributed by atoms with E-state index in [1.54, 1.807) is 20.3 Å². The zero-order valence-corrected chi connectivity index (χ0v) is 16.1. The van der Waals surface area contributed by atoms with Crippen LogP contribution in [0, 0.1) is 6.92 Å². The molecular weight excluding hydrogens is 354 g/mol. The van der Waals surface area contributed by atoms with Gasteiger partial charge in [-0.05, 0) is 54.8 Å². The zero-order valence-electron chi connectivity index (χ0n) is 15.3. The molecule has 1 amide bonds. The fraction of sp³-hybridized carbons (Fsp3) is 0.350. The second-order valence-electron chi connectivity index (χ2n) is 5.83. The highest BCUT2D eigenvalue weighted by Gasteiger charge is 2.07. The Kier molecular flexibility index (Phi) is 7.60. The monoisotopic (exact) mass is 377 g/mol. The second kappa shape index (κ2) is 9.92. The molecule has 0 heterocycles. The van der Waals surface area contributed by atoms with E-state index in [2.05, 4.69) is 5.32 Å². The van der Waals surface area contributed by atoms with Crippen molar-refractivity contribution in [2.45, 2.75) is 26.3 Å². The standard InChI is InChI=1S/C20H24ClNO4/c1-14-11-16(21)7-9-17(14)26-10-4-5-20(23)22-13-15-6-8-18(24-2)19(12-15)25-3/h6-9,11-12H,4-5,10,13H2,1-3H3,(H,22,23). The topological polar surface area (TPSA) is 56.8 Å². The van der Waals surface area contributed by atoms with Gasteiger partial charge in [0.15, 0.2) is 11.5 Å². The Balaban J connectivity index is 1.72. The van der Waals surface area contributed by atoms with Crippen molar-refractivity contribution >= 4 is 17.5 Å². The quantitative estimate of drug-likeness (QED) is 0.667. The fourth-order valence-corrected chi connectivity index (χ4v) is 2.70. The van der Waals surface area contributed by atoms with Crippen LogP contribution < -0.4 is 19.5 Å². The third-order valence-electron chi connectivity index (χ3n) is 3.88. The fourth-order valence-electron chi connectivity index (χ4n) is 2.47. The van der Waals surface area contributed by atoms with Crippen molar-refractivity contribution in [3.8, 4) is 17.2 Å². The maximum Gasteiger partial charge on any atom is 0.220 e. The average Bonchev–Trinajstić information content (AvgIpc) is 2.64. The first-order valence-electron chi connectivity index (χ1n) is 8.40. The highest BCUT2D eigenvalue weighted by atomic mass is 35.5. The molecular formula is C20H24ClNO4. The number of carbonyl (C=O) groups excluding carboxylic acids is 1. The molecule has 0 saturated heterocycles. The van der Waals surface area contributed by atoms with Gasteiger partial charge in [0.2, 0.25) is 5.91 Å². The molecule has 2 aromatic carbocycles. The summed E-state index contributed by atoms with van der Waals surface area (Å²) < 4.78 is 16.2. The molecule has 2 aromatic rings. The molecule has 0 aromatic heterocycles. The summed E-state index contributed by atoms with van der Waals surface area (Å²) in [5.41, 5.74) is 1.93. The van der Waals surface area contributed by atoms with Crippen LogP contribution in [0.25, 0.3) is 0 Å². The Morgan fingerprint density at radius 1 is 1.04 bits per heavy atom. The lowest BCUT2D eigenvalue weighted by Gasteiger charge is -2.11. The molecule has 2 rings (SSSR count). The highest BCUT2D eigenvalue weighted by Crippen LogP contribution is 2.27. The number of halogens is 1. The summed E-state index contributed by atoms with van der Waals surface area (Å²) in [5, 5.41) is 3.58. The number of rotatable bonds is 9. The van der Waals surface area contributed by atoms with E-state index >= 15 is 0 Å². The second-order valence-corrected chi connectivity index (χ2v) is 6.26. The lowest BCUT2D eigenvalue weighted by atomic mass is 10.2. The number of aryl methyl sites for hydroxylation is 1. The summed E-state index contributed by atoms with van der Waals surface area (Å²) in [6.45, 7) is 2.86. The van der Waals surface area contributed by atoms with Gasteiger partial charge < -0.3 is 19.5 Å². The Hall–Kier alpha value is -2.40. The summed E-state index contributed by atoms with van der Waals surface area (Å²) in [6, 6.07) is 11.1. The van der Waals surface area contributed by atoms with E-state index in [9.17, 15) is 4.79 Å². The predicted molar refractivity (Wildman–Crippen MR) is 102 cm³/mol. The van der Waals surface area contributed by atoms with Crippen LogP contribution in [0.3, 0.4) is 0 Å². The summed E-state index contributed by atoms with van der Waals surface area (Å²) in [4.78, 5) is 12.0. The molecule has 140 valence electrons. The number of ether oxygens (including phenoxy) is 3. The van der Waals surface area contributed by atoms with E-state index in [1.165, 1.54) is 0 Å². The average molecular weight is 378 g/mol. The molecule has 0 aliphatic heterocycles. The van der Waals surface area contributed by atoms with Crippen molar-refractivity contribution in [2.24, 2.45) is 0 Å². The molecule has 0 unspecified atom stereocenters. The molecule has 0 saturated carbocycles. The maximum absolute atomic E-state index is 12.0. The minimum atomic E-state index is -0.0174. The van der Waals surface area contributed by atoms with Gasteiger partial charge in [0.05, 0.1) is 20.8 Å². The van der Waals surface area contributed by atoms with E-state index in [1.807, 2.05) is 37.3 Å². The number of nitrogens with one attached hydrogen (secondary N) is 1. The highest BCUT2D eigenvalue weighted by molar-refractivity contribution is 6.30. The predicted octanol–water partition coefficient (Wildman–Crippen LogP) is 4.14. The molecule has 0 fully saturated rings. The summed E-state index contributed by atoms with van der Waals surface area (Å²) >= 11 is 5.92. The first-order chi connectivity index (χ1) is 12.5. The molecule has 0 bridgehead atoms. The lowest BCUT2D eigenvalue weighted by molar-refractivity contribution is -0.121. The van der Waals surface area contributed by atoms with Gasteiger partial charge in [-0.2, -0.15) is 0 Å². The number of hydrogen-bond donors (Lipinski definition) is 1. The Bertz CT molecular complexity index is 749. The van der Waals surface area contributed by atoms with Crippen molar-refractivity contribution in [1.29, 1.82) is 0 Å². The number of methoxy groups -OCH3 is 2. The normalized spacial score (nSPS) is 10.3. The van der Waals surface area contributed by atoms with Crippen molar-refractivity contribution in [2.75, 3.05) is 20.8 Å². The van der Waals surface area contributed by atoms with Gasteiger partial charge in [-0.15, -0.1) is 0 Å². The first-order valence-corrected chi connectivity index (χ1v) is 8.78. The van der Waals surface area contributed by atoms with E-state index in [0.29, 0.717) is 42.5 Å². The molecule has 0 atom stereocenters. The largest absolute Gasteiger partial charge is 0.493 e. The lowest BCUT2D eigenvalue weighted by Crippen LogP contribution is -2.23. The van der Waals surface area contributed by atoms with Gasteiger partial charge in [-0.3, -0.25) is 4.79 Å². The van der Waals surface area contributed by atoms with Crippen LogP contribution in [-0.2, 0) is 11.3 Å². The molecule has 6 heteroatoms. The Morgan fingerprint density at radius 3 is 2.46 bits per heavy atom. The van der Waals surface area contributed by atoms with E-state index < -0.39 is 0 Å². The molecule has 0 aliphatic rings. The van der Waals surface area contributed by atoms with Crippen LogP contribution in [0.1, 0.15) is 24.0 Å². The summed E-state index contributed by atoms with van der Waals surface area (Å²) in [7, 11) is 3.18. The van der Waals surface area contributed by atoms with Gasteiger partial charge in [0, 0.05) is 18.0 Å². The van der Waals surface area contributed by atoms with Gasteiger partial charge in [0.1, 0.15) is 5.75 Å². The van der Waals surface area contributed by atoms with Crippen molar-refractivity contribution in [1.82, 2.24) is 5.32 Å². The molecule has 0 radical (unpaired) electrons. The van der Waals surface area contributed by atoms with Crippen LogP contribution >= 0.6 is 11.6 Å². The smallest absolute Gasteiger partial charge is 0.220 e. The molecule has 0 spiro atoms. The summed E-state index contributed by atoms with van der Waals surface area (Å²) in [5.74, 6) is 2.08. The Labute approximate surface area is 159 Å². The van der Waals surface area contributed by atoms with Crippen molar-refractivity contribution in [3.05, 3.63) is 52.5 Å². The van der Waals surface area contributed by atoms with Crippen molar-refractivity contribution in [3.63, 3.8) is 0 Å². The zero-order chi connectivity index (χ0) is 18.9. The van der Waals surface area contributed by atoms with E-state index in [4.69, 9.17) is 25.8 Å². The van der Waals surface area contributed by atoms with Gasteiger partial charge in [-0.1, -0.05) is 17.7 Å². The number of carbonyl (C=O) groups is 1. The van der Waals surface area contributed by atoms with Gasteiger partial charge in [-0.25, -0.2) is 0 Å². The number of hydrogen-bond acceptors (Lipinski definition) is 4. The van der Waals surface area contributed by atoms with Crippen LogP contribution in [-0.4, -0.2) is 26.7 Å². The summed E-state index contributed by atoms with van der Waals surface area (Å²) in [6.07, 6.45) is 1.04. The van der Waals surface area contributed by atoms with Crippen LogP contribution in [0.15, 0.2) is 36.4 Å². The van der Waals surface area contributed by atoms with Crippen LogP contribution in [0.2, 0.25) is 5.02 Å². The molecule has 26 heavy (non-hydrogen) atoms. The number of benzene rings is 2. The van der Waals surface area contributed by atoms with Crippen molar-refractivity contribution < 1.29 is 19.0 Å². The third-order valence-corrected chi connectivity index (χ3v) is 4.12. The van der Waals surface area contributed by atoms with E-state index in [-0.39, 0.29) is 5.91 Å². The van der Waals surface area contributed by atoms with E-state index in [0.717, 1.165) is 16.9 Å².